The SMILES string of the molecule is CCNC(C)(C)c1nc(COCC(F)(F)C(F)F)no1. The third kappa shape index (κ3) is 4.41. The molecule has 0 bridgehead atoms. The number of nitrogens with zero attached hydrogens (tertiary/aromatic N) is 2. The molecule has 1 rings (SSSR count). The summed E-state index contributed by atoms with van der Waals surface area (Å²) in [5, 5.41) is 6.64. The quantitative estimate of drug-likeness (QED) is 0.747. The molecular weight excluding hydrogens is 282 g/mol. The van der Waals surface area contributed by atoms with Gasteiger partial charge in [-0.2, -0.15) is 13.8 Å². The van der Waals surface area contributed by atoms with Crippen LogP contribution in [0.2, 0.25) is 0 Å². The largest absolute Gasteiger partial charge is 0.367 e. The van der Waals surface area contributed by atoms with Gasteiger partial charge in [0.25, 0.3) is 0 Å². The number of ether oxygens (including phenoxy) is 1. The lowest BCUT2D eigenvalue weighted by atomic mass is 10.1. The van der Waals surface area contributed by atoms with E-state index in [0.29, 0.717) is 6.54 Å². The van der Waals surface area contributed by atoms with Crippen LogP contribution in [0.5, 0.6) is 0 Å². The summed E-state index contributed by atoms with van der Waals surface area (Å²) in [5.41, 5.74) is -0.576. The van der Waals surface area contributed by atoms with Crippen LogP contribution < -0.4 is 5.32 Å². The number of nitrogens with one attached hydrogen (secondary N) is 1. The smallest absolute Gasteiger partial charge is 0.330 e. The van der Waals surface area contributed by atoms with E-state index < -0.39 is 31.1 Å². The molecule has 0 saturated heterocycles. The normalized spacial score (nSPS) is 13.2. The molecule has 116 valence electrons. The Hall–Kier alpha value is -1.22. The molecule has 0 fully saturated rings. The summed E-state index contributed by atoms with van der Waals surface area (Å²) in [4.78, 5) is 3.97. The van der Waals surface area contributed by atoms with Crippen LogP contribution in [-0.2, 0) is 16.9 Å². The Balaban J connectivity index is 2.53. The number of halogens is 4. The van der Waals surface area contributed by atoms with E-state index in [2.05, 4.69) is 20.2 Å². The maximum atomic E-state index is 12.6. The lowest BCUT2D eigenvalue weighted by Crippen LogP contribution is -2.36. The Morgan fingerprint density at radius 2 is 2.00 bits per heavy atom. The van der Waals surface area contributed by atoms with Crippen molar-refractivity contribution in [1.29, 1.82) is 0 Å². The van der Waals surface area contributed by atoms with Gasteiger partial charge >= 0.3 is 12.3 Å². The molecule has 5 nitrogen and oxygen atoms in total. The lowest BCUT2D eigenvalue weighted by Gasteiger charge is -2.20. The van der Waals surface area contributed by atoms with E-state index in [1.165, 1.54) is 0 Å². The standard InChI is InChI=1S/C11H17F4N3O2/c1-4-16-10(2,3)9-17-7(18-20-9)5-19-6-11(14,15)8(12)13/h8,16H,4-6H2,1-3H3. The van der Waals surface area contributed by atoms with Crippen LogP contribution in [0.3, 0.4) is 0 Å². The molecule has 1 N–H and O–H groups in total. The van der Waals surface area contributed by atoms with E-state index in [1.54, 1.807) is 13.8 Å². The van der Waals surface area contributed by atoms with Gasteiger partial charge in [-0.3, -0.25) is 0 Å². The minimum absolute atomic E-state index is 0.0241. The fourth-order valence-electron chi connectivity index (χ4n) is 1.43. The maximum absolute atomic E-state index is 12.6. The van der Waals surface area contributed by atoms with Crippen molar-refractivity contribution in [2.24, 2.45) is 0 Å². The van der Waals surface area contributed by atoms with Gasteiger partial charge in [0, 0.05) is 0 Å². The van der Waals surface area contributed by atoms with Crippen LogP contribution in [-0.4, -0.2) is 35.6 Å². The maximum Gasteiger partial charge on any atom is 0.330 e. The fraction of sp³-hybridized carbons (Fsp3) is 0.818. The zero-order valence-electron chi connectivity index (χ0n) is 11.4. The molecule has 9 heteroatoms. The Labute approximate surface area is 113 Å². The first-order valence-corrected chi connectivity index (χ1v) is 6.01. The van der Waals surface area contributed by atoms with Crippen LogP contribution in [0, 0.1) is 0 Å². The highest BCUT2D eigenvalue weighted by Crippen LogP contribution is 2.23. The molecule has 0 atom stereocenters. The summed E-state index contributed by atoms with van der Waals surface area (Å²) >= 11 is 0. The van der Waals surface area contributed by atoms with Gasteiger partial charge in [0.15, 0.2) is 5.82 Å². The topological polar surface area (TPSA) is 60.2 Å². The molecule has 1 aromatic rings. The van der Waals surface area contributed by atoms with E-state index in [4.69, 9.17) is 4.52 Å². The molecule has 0 aliphatic rings. The molecule has 20 heavy (non-hydrogen) atoms. The van der Waals surface area contributed by atoms with Crippen LogP contribution in [0.15, 0.2) is 4.52 Å². The molecule has 0 radical (unpaired) electrons. The third-order valence-electron chi connectivity index (χ3n) is 2.47. The van der Waals surface area contributed by atoms with Crippen LogP contribution in [0.1, 0.15) is 32.5 Å². The highest BCUT2D eigenvalue weighted by atomic mass is 19.3. The molecule has 0 amide bonds. The van der Waals surface area contributed by atoms with Crippen molar-refractivity contribution in [3.63, 3.8) is 0 Å². The summed E-state index contributed by atoms with van der Waals surface area (Å²) in [7, 11) is 0. The van der Waals surface area contributed by atoms with Crippen molar-refractivity contribution in [2.45, 2.75) is 45.3 Å². The van der Waals surface area contributed by atoms with Crippen LogP contribution in [0.25, 0.3) is 0 Å². The molecule has 0 unspecified atom stereocenters. The van der Waals surface area contributed by atoms with Gasteiger partial charge in [0.2, 0.25) is 5.89 Å². The fourth-order valence-corrected chi connectivity index (χ4v) is 1.43. The molecule has 1 heterocycles. The summed E-state index contributed by atoms with van der Waals surface area (Å²) in [6.45, 7) is 4.36. The highest BCUT2D eigenvalue weighted by molar-refractivity contribution is 4.98. The van der Waals surface area contributed by atoms with Crippen molar-refractivity contribution in [2.75, 3.05) is 13.2 Å². The second-order valence-corrected chi connectivity index (χ2v) is 4.73. The molecule has 0 spiro atoms. The van der Waals surface area contributed by atoms with E-state index >= 15 is 0 Å². The number of hydrogen-bond donors (Lipinski definition) is 1. The van der Waals surface area contributed by atoms with Crippen molar-refractivity contribution in [3.05, 3.63) is 11.7 Å². The molecule has 0 aliphatic carbocycles. The lowest BCUT2D eigenvalue weighted by molar-refractivity contribution is -0.168. The van der Waals surface area contributed by atoms with Gasteiger partial charge in [0.05, 0.1) is 5.54 Å². The predicted octanol–water partition coefficient (Wildman–Crippen LogP) is 2.33. The second-order valence-electron chi connectivity index (χ2n) is 4.73. The summed E-state index contributed by atoms with van der Waals surface area (Å²) in [6, 6.07) is 0. The zero-order chi connectivity index (χ0) is 15.4. The first kappa shape index (κ1) is 16.8. The van der Waals surface area contributed by atoms with E-state index in [-0.39, 0.29) is 11.7 Å². The first-order valence-electron chi connectivity index (χ1n) is 6.01. The van der Waals surface area contributed by atoms with Gasteiger partial charge < -0.3 is 14.6 Å². The van der Waals surface area contributed by atoms with Gasteiger partial charge in [-0.25, -0.2) is 8.78 Å². The monoisotopic (exact) mass is 299 g/mol. The molecule has 0 aromatic carbocycles. The number of alkyl halides is 4. The van der Waals surface area contributed by atoms with Crippen molar-refractivity contribution >= 4 is 0 Å². The Morgan fingerprint density at radius 1 is 1.35 bits per heavy atom. The average molecular weight is 299 g/mol. The van der Waals surface area contributed by atoms with Crippen LogP contribution >= 0.6 is 0 Å². The minimum Gasteiger partial charge on any atom is -0.367 e. The minimum atomic E-state index is -4.18. The van der Waals surface area contributed by atoms with E-state index in [0.717, 1.165) is 0 Å². The Morgan fingerprint density at radius 3 is 2.55 bits per heavy atom. The summed E-state index contributed by atoms with van der Waals surface area (Å²) in [6.07, 6.45) is -3.77. The van der Waals surface area contributed by atoms with Gasteiger partial charge in [-0.05, 0) is 20.4 Å². The second kappa shape index (κ2) is 6.49. The number of aromatic nitrogens is 2. The predicted molar refractivity (Wildman–Crippen MR) is 61.6 cm³/mol. The Kier molecular flexibility index (Phi) is 5.46. The molecule has 0 aliphatic heterocycles. The Bertz CT molecular complexity index is 424. The van der Waals surface area contributed by atoms with Crippen molar-refractivity contribution in [3.8, 4) is 0 Å². The van der Waals surface area contributed by atoms with Crippen molar-refractivity contribution in [1.82, 2.24) is 15.5 Å². The number of hydrogen-bond acceptors (Lipinski definition) is 5. The van der Waals surface area contributed by atoms with E-state index in [9.17, 15) is 17.6 Å². The van der Waals surface area contributed by atoms with E-state index in [1.807, 2.05) is 6.92 Å². The van der Waals surface area contributed by atoms with Gasteiger partial charge in [0.1, 0.15) is 13.2 Å². The summed E-state index contributed by atoms with van der Waals surface area (Å²) < 4.78 is 58.4. The summed E-state index contributed by atoms with van der Waals surface area (Å²) in [5.74, 6) is -3.90. The van der Waals surface area contributed by atoms with Crippen molar-refractivity contribution < 1.29 is 26.8 Å². The van der Waals surface area contributed by atoms with Gasteiger partial charge in [-0.1, -0.05) is 12.1 Å². The first-order chi connectivity index (χ1) is 9.19. The molecule has 1 aromatic heterocycles. The van der Waals surface area contributed by atoms with Gasteiger partial charge in [-0.15, -0.1) is 0 Å². The number of rotatable bonds is 8. The molecule has 0 saturated carbocycles. The van der Waals surface area contributed by atoms with Crippen LogP contribution in [0.4, 0.5) is 17.6 Å². The highest BCUT2D eigenvalue weighted by Gasteiger charge is 2.41. The third-order valence-corrected chi connectivity index (χ3v) is 2.47. The average Bonchev–Trinajstić information content (AvgIpc) is 2.78. The zero-order valence-corrected chi connectivity index (χ0v) is 11.4. The molecular formula is C11H17F4N3O2.